The normalized spacial score (nSPS) is 22.9. The summed E-state index contributed by atoms with van der Waals surface area (Å²) in [5.74, 6) is -5.52. The van der Waals surface area contributed by atoms with Gasteiger partial charge in [0.25, 0.3) is 5.91 Å². The van der Waals surface area contributed by atoms with Gasteiger partial charge in [-0.3, -0.25) is 14.4 Å². The van der Waals surface area contributed by atoms with Crippen molar-refractivity contribution >= 4 is 28.9 Å². The van der Waals surface area contributed by atoms with Crippen LogP contribution in [0.5, 0.6) is 5.75 Å². The Hall–Kier alpha value is -4.11. The molecule has 7 N–H and O–H groups in total. The number of ketones is 2. The summed E-state index contributed by atoms with van der Waals surface area (Å²) in [7, 11) is 3.88. The molecule has 3 aliphatic rings. The minimum absolute atomic E-state index is 0.0141. The van der Waals surface area contributed by atoms with Crippen molar-refractivity contribution in [3.8, 4) is 16.9 Å². The van der Waals surface area contributed by atoms with Gasteiger partial charge < -0.3 is 31.7 Å². The van der Waals surface area contributed by atoms with Gasteiger partial charge in [-0.1, -0.05) is 12.1 Å². The summed E-state index contributed by atoms with van der Waals surface area (Å²) in [6, 6.07) is 9.65. The SMILES string of the molecule is CN(C)c1ccc(-c2cc(CN)c(O)c3c2CC2CC4CC(=O)C(C(N)=O)=C(O)C4C(=O)C2=C3O)cc1. The number of aliphatic hydroxyl groups is 2. The molecular weight excluding hydrogens is 474 g/mol. The molecule has 0 aromatic heterocycles. The topological polar surface area (TPSA) is 167 Å². The molecular formula is C28H29N3O6. The van der Waals surface area contributed by atoms with Crippen LogP contribution in [0.25, 0.3) is 16.9 Å². The summed E-state index contributed by atoms with van der Waals surface area (Å²) in [5, 5.41) is 33.2. The first-order valence-electron chi connectivity index (χ1n) is 12.1. The first-order valence-corrected chi connectivity index (χ1v) is 12.1. The number of phenolic OH excluding ortho intramolecular Hbond substituents is 1. The van der Waals surface area contributed by atoms with Crippen LogP contribution in [0.1, 0.15) is 29.5 Å². The van der Waals surface area contributed by atoms with Crippen molar-refractivity contribution in [2.45, 2.75) is 25.8 Å². The number of amides is 1. The highest BCUT2D eigenvalue weighted by Crippen LogP contribution is 2.52. The Bertz CT molecular complexity index is 1420. The van der Waals surface area contributed by atoms with Gasteiger partial charge in [0.2, 0.25) is 0 Å². The van der Waals surface area contributed by atoms with E-state index in [1.165, 1.54) is 0 Å². The number of fused-ring (bicyclic) bond motifs is 3. The lowest BCUT2D eigenvalue weighted by Gasteiger charge is -2.41. The van der Waals surface area contributed by atoms with Crippen LogP contribution in [0.4, 0.5) is 5.69 Å². The van der Waals surface area contributed by atoms with Crippen LogP contribution in [-0.4, -0.2) is 46.9 Å². The Morgan fingerprint density at radius 2 is 1.76 bits per heavy atom. The minimum atomic E-state index is -1.15. The predicted molar refractivity (Wildman–Crippen MR) is 138 cm³/mol. The van der Waals surface area contributed by atoms with E-state index in [1.807, 2.05) is 49.3 Å². The maximum atomic E-state index is 13.6. The van der Waals surface area contributed by atoms with Gasteiger partial charge in [0, 0.05) is 43.9 Å². The first kappa shape index (κ1) is 24.6. The summed E-state index contributed by atoms with van der Waals surface area (Å²) < 4.78 is 0. The van der Waals surface area contributed by atoms with Crippen molar-refractivity contribution in [3.63, 3.8) is 0 Å². The number of hydrogen-bond acceptors (Lipinski definition) is 8. The van der Waals surface area contributed by atoms with E-state index < -0.39 is 46.6 Å². The smallest absolute Gasteiger partial charge is 0.255 e. The molecule has 3 aliphatic carbocycles. The molecule has 0 aliphatic heterocycles. The molecule has 3 unspecified atom stereocenters. The maximum absolute atomic E-state index is 13.6. The van der Waals surface area contributed by atoms with Crippen LogP contribution < -0.4 is 16.4 Å². The summed E-state index contributed by atoms with van der Waals surface area (Å²) in [5.41, 5.74) is 14.6. The third-order valence-electron chi connectivity index (χ3n) is 7.88. The average Bonchev–Trinajstić information content (AvgIpc) is 2.83. The van der Waals surface area contributed by atoms with Crippen LogP contribution in [0, 0.1) is 17.8 Å². The van der Waals surface area contributed by atoms with Crippen molar-refractivity contribution in [1.82, 2.24) is 0 Å². The number of nitrogens with two attached hydrogens (primary N) is 2. The Morgan fingerprint density at radius 3 is 2.35 bits per heavy atom. The van der Waals surface area contributed by atoms with Crippen molar-refractivity contribution < 1.29 is 29.7 Å². The molecule has 1 saturated carbocycles. The second-order valence-corrected chi connectivity index (χ2v) is 10.2. The van der Waals surface area contributed by atoms with E-state index in [-0.39, 0.29) is 35.6 Å². The van der Waals surface area contributed by atoms with Gasteiger partial charge in [0.05, 0.1) is 11.5 Å². The highest BCUT2D eigenvalue weighted by Gasteiger charge is 2.51. The van der Waals surface area contributed by atoms with Crippen molar-refractivity contribution in [2.75, 3.05) is 19.0 Å². The van der Waals surface area contributed by atoms with Crippen LogP contribution >= 0.6 is 0 Å². The minimum Gasteiger partial charge on any atom is -0.511 e. The van der Waals surface area contributed by atoms with Crippen molar-refractivity contribution in [2.24, 2.45) is 29.2 Å². The zero-order valence-electron chi connectivity index (χ0n) is 20.6. The molecule has 1 fully saturated rings. The van der Waals surface area contributed by atoms with E-state index in [0.29, 0.717) is 24.0 Å². The number of carbonyl (C=O) groups is 3. The molecule has 1 amide bonds. The number of phenols is 1. The monoisotopic (exact) mass is 503 g/mol. The van der Waals surface area contributed by atoms with Gasteiger partial charge in [-0.2, -0.15) is 0 Å². The molecule has 0 spiro atoms. The number of hydrogen-bond donors (Lipinski definition) is 5. The number of aromatic hydroxyl groups is 1. The standard InChI is InChI=1S/C28H29N3O6/c1-31(2)16-5-3-12(4-6-16)17-9-15(11-29)24(33)22-18(17)8-13-7-14-10-19(32)23(28(30)37)27(36)21(14)25(34)20(13)26(22)35/h3-6,9,13-14,21,33,35-36H,7-8,10-11,29H2,1-2H3,(H2,30,37). The van der Waals surface area contributed by atoms with Crippen LogP contribution in [0.15, 0.2) is 47.2 Å². The third-order valence-corrected chi connectivity index (χ3v) is 7.88. The number of rotatable bonds is 4. The molecule has 192 valence electrons. The summed E-state index contributed by atoms with van der Waals surface area (Å²) in [6.07, 6.45) is 0.593. The molecule has 2 aromatic rings. The second kappa shape index (κ2) is 8.77. The second-order valence-electron chi connectivity index (χ2n) is 10.2. The molecule has 9 heteroatoms. The van der Waals surface area contributed by atoms with Gasteiger partial charge in [0.15, 0.2) is 11.6 Å². The number of Topliss-reactive ketones (excluding diaryl/α,β-unsaturated/α-hetero) is 2. The predicted octanol–water partition coefficient (Wildman–Crippen LogP) is 2.50. The number of benzene rings is 2. The van der Waals surface area contributed by atoms with E-state index >= 15 is 0 Å². The van der Waals surface area contributed by atoms with Gasteiger partial charge in [0.1, 0.15) is 22.8 Å². The van der Waals surface area contributed by atoms with Gasteiger partial charge in [-0.15, -0.1) is 0 Å². The third kappa shape index (κ3) is 3.69. The molecule has 9 nitrogen and oxygen atoms in total. The molecule has 3 atom stereocenters. The van der Waals surface area contributed by atoms with Crippen molar-refractivity contribution in [1.29, 1.82) is 0 Å². The number of allylic oxidation sites excluding steroid dienone is 2. The number of anilines is 1. The Morgan fingerprint density at radius 1 is 1.08 bits per heavy atom. The summed E-state index contributed by atoms with van der Waals surface area (Å²) >= 11 is 0. The van der Waals surface area contributed by atoms with Crippen LogP contribution in [0.3, 0.4) is 0 Å². The van der Waals surface area contributed by atoms with E-state index in [1.54, 1.807) is 0 Å². The first-order chi connectivity index (χ1) is 17.5. The maximum Gasteiger partial charge on any atom is 0.255 e. The Balaban J connectivity index is 1.69. The van der Waals surface area contributed by atoms with E-state index in [4.69, 9.17) is 11.5 Å². The Labute approximate surface area is 213 Å². The molecule has 0 heterocycles. The zero-order chi connectivity index (χ0) is 26.8. The van der Waals surface area contributed by atoms with Crippen LogP contribution in [0.2, 0.25) is 0 Å². The summed E-state index contributed by atoms with van der Waals surface area (Å²) in [4.78, 5) is 39.9. The fourth-order valence-corrected chi connectivity index (χ4v) is 6.12. The molecule has 2 aromatic carbocycles. The quantitative estimate of drug-likeness (QED) is 0.397. The van der Waals surface area contributed by atoms with Crippen molar-refractivity contribution in [3.05, 3.63) is 63.9 Å². The van der Waals surface area contributed by atoms with E-state index in [9.17, 15) is 29.7 Å². The zero-order valence-corrected chi connectivity index (χ0v) is 20.6. The van der Waals surface area contributed by atoms with Gasteiger partial charge in [-0.05, 0) is 59.6 Å². The van der Waals surface area contributed by atoms with Gasteiger partial charge in [-0.25, -0.2) is 0 Å². The molecule has 0 saturated heterocycles. The number of carbonyl (C=O) groups excluding carboxylic acids is 3. The fourth-order valence-electron chi connectivity index (χ4n) is 6.12. The molecule has 5 rings (SSSR count). The lowest BCUT2D eigenvalue weighted by molar-refractivity contribution is -0.127. The number of nitrogens with zero attached hydrogens (tertiary/aromatic N) is 1. The molecule has 0 bridgehead atoms. The highest BCUT2D eigenvalue weighted by atomic mass is 16.3. The fraction of sp³-hybridized carbons (Fsp3) is 0.321. The molecule has 0 radical (unpaired) electrons. The average molecular weight is 504 g/mol. The largest absolute Gasteiger partial charge is 0.511 e. The molecule has 37 heavy (non-hydrogen) atoms. The number of primary amides is 1. The highest BCUT2D eigenvalue weighted by molar-refractivity contribution is 6.21. The van der Waals surface area contributed by atoms with E-state index in [0.717, 1.165) is 16.8 Å². The van der Waals surface area contributed by atoms with E-state index in [2.05, 4.69) is 0 Å². The lowest BCUT2D eigenvalue weighted by Crippen LogP contribution is -2.44. The summed E-state index contributed by atoms with van der Waals surface area (Å²) in [6.45, 7) is 0.0141. The Kier molecular flexibility index (Phi) is 5.83. The van der Waals surface area contributed by atoms with Gasteiger partial charge >= 0.3 is 0 Å². The van der Waals surface area contributed by atoms with Crippen LogP contribution in [-0.2, 0) is 27.3 Å². The lowest BCUT2D eigenvalue weighted by atomic mass is 9.61. The number of aliphatic hydroxyl groups excluding tert-OH is 2.